The first kappa shape index (κ1) is 23.5. The van der Waals surface area contributed by atoms with Crippen LogP contribution in [0.2, 0.25) is 0 Å². The lowest BCUT2D eigenvalue weighted by Gasteiger charge is -2.44. The van der Waals surface area contributed by atoms with Crippen molar-refractivity contribution in [3.63, 3.8) is 0 Å². The van der Waals surface area contributed by atoms with Gasteiger partial charge in [-0.3, -0.25) is 19.2 Å². The molecule has 0 aromatic carbocycles. The minimum absolute atomic E-state index is 0.0791. The second-order valence-electron chi connectivity index (χ2n) is 5.59. The second-order valence-corrected chi connectivity index (χ2v) is 6.65. The zero-order valence-corrected chi connectivity index (χ0v) is 16.5. The molecule has 156 valence electrons. The summed E-state index contributed by atoms with van der Waals surface area (Å²) in [4.78, 5) is 48.5. The van der Waals surface area contributed by atoms with E-state index in [1.807, 2.05) is 0 Å². The van der Waals surface area contributed by atoms with Crippen molar-refractivity contribution < 1.29 is 42.9 Å². The predicted molar refractivity (Wildman–Crippen MR) is 93.6 cm³/mol. The molecular weight excluding hydrogens is 398 g/mol. The molecule has 12 nitrogen and oxygen atoms in total. The highest BCUT2D eigenvalue weighted by molar-refractivity contribution is 7.99. The quantitative estimate of drug-likeness (QED) is 0.183. The Morgan fingerprint density at radius 3 is 1.96 bits per heavy atom. The van der Waals surface area contributed by atoms with Crippen molar-refractivity contribution in [2.45, 2.75) is 57.5 Å². The zero-order valence-electron chi connectivity index (χ0n) is 15.7. The third kappa shape index (κ3) is 7.62. The molecule has 1 aliphatic heterocycles. The van der Waals surface area contributed by atoms with Crippen LogP contribution < -0.4 is 0 Å². The topological polar surface area (TPSA) is 163 Å². The molecule has 0 bridgehead atoms. The smallest absolute Gasteiger partial charge is 0.303 e. The van der Waals surface area contributed by atoms with Crippen molar-refractivity contribution in [3.05, 3.63) is 10.4 Å². The van der Waals surface area contributed by atoms with E-state index in [2.05, 4.69) is 10.0 Å². The normalized spacial score (nSPS) is 26.4. The molecule has 1 saturated heterocycles. The van der Waals surface area contributed by atoms with E-state index in [0.717, 1.165) is 32.5 Å². The second kappa shape index (κ2) is 11.4. The molecule has 1 heterocycles. The van der Waals surface area contributed by atoms with Crippen LogP contribution in [0.25, 0.3) is 10.4 Å². The van der Waals surface area contributed by atoms with Crippen LogP contribution in [-0.4, -0.2) is 66.2 Å². The van der Waals surface area contributed by atoms with Gasteiger partial charge in [-0.05, 0) is 5.53 Å². The first-order valence-corrected chi connectivity index (χ1v) is 9.13. The minimum Gasteiger partial charge on any atom is -0.463 e. The standard InChI is InChI=1S/C15H21N3O9S/c1-7(19)23-5-11-12(24-8(2)20)13(25-9(3)21)14(26-10(4)22)15(27-11)28-6-17-18-16/h11-15H,5-6H2,1-4H3/t11-,12-,13+,14+,15+/m1/s1. The average Bonchev–Trinajstić information content (AvgIpc) is 2.57. The molecule has 1 aliphatic rings. The summed E-state index contributed by atoms with van der Waals surface area (Å²) in [7, 11) is 0. The van der Waals surface area contributed by atoms with E-state index in [4.69, 9.17) is 29.2 Å². The molecule has 0 saturated carbocycles. The van der Waals surface area contributed by atoms with Gasteiger partial charge in [0.05, 0.1) is 5.88 Å². The van der Waals surface area contributed by atoms with Gasteiger partial charge in [-0.1, -0.05) is 5.11 Å². The summed E-state index contributed by atoms with van der Waals surface area (Å²) in [5.41, 5.74) is 7.50. The minimum atomic E-state index is -1.23. The van der Waals surface area contributed by atoms with Gasteiger partial charge in [0.15, 0.2) is 18.3 Å². The van der Waals surface area contributed by atoms with E-state index in [9.17, 15) is 19.2 Å². The van der Waals surface area contributed by atoms with Gasteiger partial charge < -0.3 is 23.7 Å². The Labute approximate surface area is 164 Å². The van der Waals surface area contributed by atoms with Gasteiger partial charge in [0.25, 0.3) is 0 Å². The Balaban J connectivity index is 3.26. The van der Waals surface area contributed by atoms with E-state index in [-0.39, 0.29) is 12.5 Å². The summed E-state index contributed by atoms with van der Waals surface area (Å²) in [6, 6.07) is 0. The molecule has 0 amide bonds. The fourth-order valence-corrected chi connectivity index (χ4v) is 3.34. The highest BCUT2D eigenvalue weighted by atomic mass is 32.2. The molecule has 28 heavy (non-hydrogen) atoms. The Morgan fingerprint density at radius 1 is 0.929 bits per heavy atom. The number of carbonyl (C=O) groups excluding carboxylic acids is 4. The third-order valence-corrected chi connectivity index (χ3v) is 4.28. The maximum absolute atomic E-state index is 11.6. The summed E-state index contributed by atoms with van der Waals surface area (Å²) in [5.74, 6) is -2.80. The lowest BCUT2D eigenvalue weighted by atomic mass is 9.99. The molecule has 1 rings (SSSR count). The first-order valence-electron chi connectivity index (χ1n) is 8.08. The monoisotopic (exact) mass is 419 g/mol. The van der Waals surface area contributed by atoms with Crippen LogP contribution in [0.15, 0.2) is 5.11 Å². The Hall–Kier alpha value is -2.50. The summed E-state index contributed by atoms with van der Waals surface area (Å²) >= 11 is 0.970. The number of ether oxygens (including phenoxy) is 5. The van der Waals surface area contributed by atoms with Gasteiger partial charge >= 0.3 is 23.9 Å². The molecular formula is C15H21N3O9S. The van der Waals surface area contributed by atoms with E-state index < -0.39 is 53.7 Å². The van der Waals surface area contributed by atoms with Crippen LogP contribution >= 0.6 is 11.8 Å². The van der Waals surface area contributed by atoms with Gasteiger partial charge in [-0.2, -0.15) is 0 Å². The summed E-state index contributed by atoms with van der Waals surface area (Å²) < 4.78 is 26.4. The van der Waals surface area contributed by atoms with Crippen LogP contribution in [0, 0.1) is 0 Å². The van der Waals surface area contributed by atoms with Crippen molar-refractivity contribution >= 4 is 35.6 Å². The lowest BCUT2D eigenvalue weighted by Crippen LogP contribution is -2.61. The lowest BCUT2D eigenvalue weighted by molar-refractivity contribution is -0.237. The van der Waals surface area contributed by atoms with Crippen molar-refractivity contribution in [2.75, 3.05) is 12.5 Å². The molecule has 0 radical (unpaired) electrons. The fraction of sp³-hybridized carbons (Fsp3) is 0.733. The molecule has 1 fully saturated rings. The van der Waals surface area contributed by atoms with E-state index in [1.165, 1.54) is 6.92 Å². The van der Waals surface area contributed by atoms with Crippen molar-refractivity contribution in [1.82, 2.24) is 0 Å². The number of nitrogens with zero attached hydrogens (tertiary/aromatic N) is 3. The molecule has 5 atom stereocenters. The van der Waals surface area contributed by atoms with Gasteiger partial charge in [0, 0.05) is 32.6 Å². The number of carbonyl (C=O) groups is 4. The third-order valence-electron chi connectivity index (χ3n) is 3.31. The molecule has 0 spiro atoms. The maximum atomic E-state index is 11.6. The zero-order chi connectivity index (χ0) is 21.3. The first-order chi connectivity index (χ1) is 13.1. The summed E-state index contributed by atoms with van der Waals surface area (Å²) in [6.07, 6.45) is -4.63. The molecule has 13 heteroatoms. The Kier molecular flexibility index (Phi) is 9.56. The average molecular weight is 419 g/mol. The Bertz CT molecular complexity index is 621. The van der Waals surface area contributed by atoms with Crippen LogP contribution in [0.3, 0.4) is 0 Å². The predicted octanol–water partition coefficient (Wildman–Crippen LogP) is 1.07. The number of hydrogen-bond acceptors (Lipinski definition) is 11. The van der Waals surface area contributed by atoms with Crippen molar-refractivity contribution in [1.29, 1.82) is 0 Å². The van der Waals surface area contributed by atoms with Crippen LogP contribution in [0.4, 0.5) is 0 Å². The number of thioether (sulfide) groups is 1. The number of azide groups is 1. The van der Waals surface area contributed by atoms with E-state index >= 15 is 0 Å². The molecule has 0 unspecified atom stereocenters. The summed E-state index contributed by atoms with van der Waals surface area (Å²) in [5, 5.41) is 3.38. The SMILES string of the molecule is CC(=O)OC[C@H]1O[C@@H](SCN=[N+]=[N-])[C@@H](OC(C)=O)[C@@H](OC(C)=O)[C@@H]1OC(C)=O. The molecule has 0 aliphatic carbocycles. The van der Waals surface area contributed by atoms with Crippen molar-refractivity contribution in [2.24, 2.45) is 5.11 Å². The Morgan fingerprint density at radius 2 is 1.46 bits per heavy atom. The fourth-order valence-electron chi connectivity index (χ4n) is 2.46. The van der Waals surface area contributed by atoms with E-state index in [1.54, 1.807) is 0 Å². The number of hydrogen-bond donors (Lipinski definition) is 0. The van der Waals surface area contributed by atoms with Crippen molar-refractivity contribution in [3.8, 4) is 0 Å². The van der Waals surface area contributed by atoms with E-state index in [0.29, 0.717) is 0 Å². The molecule has 0 aromatic heterocycles. The number of esters is 4. The van der Waals surface area contributed by atoms with Gasteiger partial charge in [0.1, 0.15) is 18.1 Å². The van der Waals surface area contributed by atoms with Gasteiger partial charge in [0.2, 0.25) is 0 Å². The number of rotatable bonds is 8. The maximum Gasteiger partial charge on any atom is 0.303 e. The molecule has 0 N–H and O–H groups in total. The van der Waals surface area contributed by atoms with Gasteiger partial charge in [-0.15, -0.1) is 11.8 Å². The van der Waals surface area contributed by atoms with Crippen LogP contribution in [0.5, 0.6) is 0 Å². The summed E-state index contributed by atoms with van der Waals surface area (Å²) in [6.45, 7) is 4.29. The van der Waals surface area contributed by atoms with Crippen LogP contribution in [0.1, 0.15) is 27.7 Å². The van der Waals surface area contributed by atoms with Gasteiger partial charge in [-0.25, -0.2) is 0 Å². The highest BCUT2D eigenvalue weighted by Crippen LogP contribution is 2.34. The molecule has 0 aromatic rings. The highest BCUT2D eigenvalue weighted by Gasteiger charge is 2.52. The largest absolute Gasteiger partial charge is 0.463 e. The van der Waals surface area contributed by atoms with Crippen LogP contribution in [-0.2, 0) is 42.9 Å².